The number of hydrogen-bond donors (Lipinski definition) is 3. The van der Waals surface area contributed by atoms with E-state index in [1.54, 1.807) is 6.20 Å². The first-order valence-electron chi connectivity index (χ1n) is 9.73. The van der Waals surface area contributed by atoms with E-state index in [0.29, 0.717) is 34.4 Å². The van der Waals surface area contributed by atoms with Crippen LogP contribution in [0.2, 0.25) is 5.02 Å². The summed E-state index contributed by atoms with van der Waals surface area (Å²) < 4.78 is 0. The van der Waals surface area contributed by atoms with Crippen molar-refractivity contribution in [1.82, 2.24) is 25.1 Å². The van der Waals surface area contributed by atoms with Gasteiger partial charge in [-0.25, -0.2) is 4.98 Å². The molecule has 0 amide bonds. The van der Waals surface area contributed by atoms with Gasteiger partial charge in [0.15, 0.2) is 11.6 Å². The normalized spacial score (nSPS) is 17.4. The molecule has 0 radical (unpaired) electrons. The first kappa shape index (κ1) is 17.4. The van der Waals surface area contributed by atoms with Crippen molar-refractivity contribution in [2.45, 2.75) is 50.5 Å². The summed E-state index contributed by atoms with van der Waals surface area (Å²) in [6, 6.07) is 6.23. The monoisotopic (exact) mass is 395 g/mol. The molecule has 0 aromatic carbocycles. The maximum Gasteiger partial charge on any atom is 0.225 e. The van der Waals surface area contributed by atoms with Crippen LogP contribution < -0.4 is 10.6 Å². The molecule has 0 aliphatic heterocycles. The Morgan fingerprint density at radius 3 is 2.64 bits per heavy atom. The Morgan fingerprint density at radius 2 is 1.93 bits per heavy atom. The zero-order valence-electron chi connectivity index (χ0n) is 15.6. The lowest BCUT2D eigenvalue weighted by Crippen LogP contribution is -2.11. The molecule has 7 nitrogen and oxygen atoms in total. The zero-order valence-corrected chi connectivity index (χ0v) is 16.4. The number of H-pyrrole nitrogens is 1. The second-order valence-corrected chi connectivity index (χ2v) is 8.06. The van der Waals surface area contributed by atoms with Crippen LogP contribution in [0, 0.1) is 0 Å². The largest absolute Gasteiger partial charge is 0.346 e. The average Bonchev–Trinajstić information content (AvgIpc) is 3.63. The molecule has 2 fully saturated rings. The minimum Gasteiger partial charge on any atom is -0.346 e. The average molecular weight is 396 g/mol. The molecule has 0 bridgehead atoms. The van der Waals surface area contributed by atoms with E-state index in [-0.39, 0.29) is 6.04 Å². The third-order valence-electron chi connectivity index (χ3n) is 5.25. The van der Waals surface area contributed by atoms with E-state index in [1.807, 2.05) is 19.2 Å². The first-order chi connectivity index (χ1) is 13.7. The lowest BCUT2D eigenvalue weighted by molar-refractivity contribution is 0.818. The van der Waals surface area contributed by atoms with Crippen LogP contribution in [-0.4, -0.2) is 25.1 Å². The van der Waals surface area contributed by atoms with E-state index < -0.39 is 0 Å². The van der Waals surface area contributed by atoms with Gasteiger partial charge < -0.3 is 10.6 Å². The molecule has 5 rings (SSSR count). The van der Waals surface area contributed by atoms with Crippen LogP contribution >= 0.6 is 11.6 Å². The minimum absolute atomic E-state index is 0.0193. The summed E-state index contributed by atoms with van der Waals surface area (Å²) in [4.78, 5) is 13.4. The highest BCUT2D eigenvalue weighted by molar-refractivity contribution is 6.32. The molecule has 144 valence electrons. The van der Waals surface area contributed by atoms with Crippen molar-refractivity contribution in [2.75, 3.05) is 10.6 Å². The van der Waals surface area contributed by atoms with Gasteiger partial charge in [-0.3, -0.25) is 10.1 Å². The standard InChI is InChI=1S/C20H22ClN7/c1-11(16-7-6-14(9-22-16)12-2-3-12)24-20-23-10-15(21)19(26-20)25-18-8-17(27-28-18)13-4-5-13/h6-13H,2-5H2,1H3,(H3,23,24,25,26,27,28)/t11-/m0/s1. The third-order valence-corrected chi connectivity index (χ3v) is 5.53. The van der Waals surface area contributed by atoms with Crippen LogP contribution in [0.25, 0.3) is 0 Å². The highest BCUT2D eigenvalue weighted by Crippen LogP contribution is 2.40. The number of nitrogens with one attached hydrogen (secondary N) is 3. The molecule has 3 aromatic rings. The van der Waals surface area contributed by atoms with E-state index >= 15 is 0 Å². The SMILES string of the molecule is C[C@H](Nc1ncc(Cl)c(Nc2cc(C3CC3)[nH]n2)n1)c1ccc(C2CC2)cn1. The maximum absolute atomic E-state index is 6.27. The van der Waals surface area contributed by atoms with Crippen molar-refractivity contribution in [3.05, 3.63) is 52.6 Å². The molecule has 0 unspecified atom stereocenters. The van der Waals surface area contributed by atoms with Crippen LogP contribution in [0.15, 0.2) is 30.6 Å². The van der Waals surface area contributed by atoms with E-state index in [4.69, 9.17) is 11.6 Å². The summed E-state index contributed by atoms with van der Waals surface area (Å²) in [5, 5.41) is 14.3. The van der Waals surface area contributed by atoms with Gasteiger partial charge in [-0.05, 0) is 50.2 Å². The van der Waals surface area contributed by atoms with Crippen LogP contribution in [0.3, 0.4) is 0 Å². The number of rotatable bonds is 7. The van der Waals surface area contributed by atoms with E-state index in [0.717, 1.165) is 11.4 Å². The Labute approximate surface area is 168 Å². The number of aromatic nitrogens is 5. The molecular weight excluding hydrogens is 374 g/mol. The Morgan fingerprint density at radius 1 is 1.11 bits per heavy atom. The van der Waals surface area contributed by atoms with Gasteiger partial charge in [0, 0.05) is 23.9 Å². The van der Waals surface area contributed by atoms with Crippen molar-refractivity contribution in [3.63, 3.8) is 0 Å². The Balaban J connectivity index is 1.28. The third kappa shape index (κ3) is 3.80. The van der Waals surface area contributed by atoms with Crippen molar-refractivity contribution in [1.29, 1.82) is 0 Å². The van der Waals surface area contributed by atoms with Crippen LogP contribution in [0.1, 0.15) is 67.4 Å². The fourth-order valence-corrected chi connectivity index (χ4v) is 3.39. The molecule has 2 saturated carbocycles. The first-order valence-corrected chi connectivity index (χ1v) is 10.1. The second kappa shape index (κ2) is 7.05. The molecule has 0 spiro atoms. The van der Waals surface area contributed by atoms with Gasteiger partial charge in [0.05, 0.1) is 17.9 Å². The molecule has 3 heterocycles. The fourth-order valence-electron chi connectivity index (χ4n) is 3.25. The topological polar surface area (TPSA) is 91.4 Å². The molecule has 28 heavy (non-hydrogen) atoms. The highest BCUT2D eigenvalue weighted by Gasteiger charge is 2.26. The second-order valence-electron chi connectivity index (χ2n) is 7.65. The number of nitrogens with zero attached hydrogens (tertiary/aromatic N) is 4. The molecule has 3 aromatic heterocycles. The quantitative estimate of drug-likeness (QED) is 0.526. The highest BCUT2D eigenvalue weighted by atomic mass is 35.5. The van der Waals surface area contributed by atoms with E-state index in [9.17, 15) is 0 Å². The summed E-state index contributed by atoms with van der Waals surface area (Å²) in [6.07, 6.45) is 8.57. The predicted octanol–water partition coefficient (Wildman–Crippen LogP) is 4.92. The van der Waals surface area contributed by atoms with Crippen molar-refractivity contribution in [3.8, 4) is 0 Å². The van der Waals surface area contributed by atoms with E-state index in [1.165, 1.54) is 31.2 Å². The minimum atomic E-state index is -0.0193. The number of pyridine rings is 1. The molecule has 8 heteroatoms. The van der Waals surface area contributed by atoms with Gasteiger partial charge in [0.1, 0.15) is 5.02 Å². The molecule has 2 aliphatic rings. The van der Waals surface area contributed by atoms with Gasteiger partial charge in [0.25, 0.3) is 0 Å². The summed E-state index contributed by atoms with van der Waals surface area (Å²) in [5.41, 5.74) is 3.44. The Kier molecular flexibility index (Phi) is 4.39. The number of anilines is 3. The number of halogens is 1. The fraction of sp³-hybridized carbons (Fsp3) is 0.400. The lowest BCUT2D eigenvalue weighted by atomic mass is 10.1. The summed E-state index contributed by atoms with van der Waals surface area (Å²) in [5.74, 6) is 3.04. The summed E-state index contributed by atoms with van der Waals surface area (Å²) in [6.45, 7) is 2.04. The van der Waals surface area contributed by atoms with Crippen molar-refractivity contribution >= 4 is 29.2 Å². The molecule has 0 saturated heterocycles. The van der Waals surface area contributed by atoms with Gasteiger partial charge in [-0.15, -0.1) is 0 Å². The Bertz CT molecular complexity index is 976. The van der Waals surface area contributed by atoms with Crippen molar-refractivity contribution in [2.24, 2.45) is 0 Å². The van der Waals surface area contributed by atoms with E-state index in [2.05, 4.69) is 47.9 Å². The zero-order chi connectivity index (χ0) is 19.1. The summed E-state index contributed by atoms with van der Waals surface area (Å²) in [7, 11) is 0. The Hall–Kier alpha value is -2.67. The van der Waals surface area contributed by atoms with Gasteiger partial charge >= 0.3 is 0 Å². The van der Waals surface area contributed by atoms with Gasteiger partial charge in [-0.1, -0.05) is 17.7 Å². The summed E-state index contributed by atoms with van der Waals surface area (Å²) >= 11 is 6.27. The molecule has 1 atom stereocenters. The molecule has 3 N–H and O–H groups in total. The van der Waals surface area contributed by atoms with Gasteiger partial charge in [-0.2, -0.15) is 10.1 Å². The van der Waals surface area contributed by atoms with Crippen LogP contribution in [0.4, 0.5) is 17.6 Å². The predicted molar refractivity (Wildman–Crippen MR) is 109 cm³/mol. The van der Waals surface area contributed by atoms with Crippen molar-refractivity contribution < 1.29 is 0 Å². The molecule has 2 aliphatic carbocycles. The van der Waals surface area contributed by atoms with Crippen LogP contribution in [0.5, 0.6) is 0 Å². The number of hydrogen-bond acceptors (Lipinski definition) is 6. The van der Waals surface area contributed by atoms with Crippen LogP contribution in [-0.2, 0) is 0 Å². The number of aromatic amines is 1. The van der Waals surface area contributed by atoms with Gasteiger partial charge in [0.2, 0.25) is 5.95 Å². The molecular formula is C20H22ClN7. The lowest BCUT2D eigenvalue weighted by Gasteiger charge is -2.15. The maximum atomic E-state index is 6.27. The smallest absolute Gasteiger partial charge is 0.225 e.